The molecule has 0 aromatic carbocycles. The molecular formula is C72H146O6. The first-order valence-corrected chi connectivity index (χ1v) is 36.2. The van der Waals surface area contributed by atoms with Crippen LogP contribution in [0.25, 0.3) is 0 Å². The van der Waals surface area contributed by atoms with E-state index in [1.807, 2.05) is 0 Å². The van der Waals surface area contributed by atoms with Gasteiger partial charge in [0.2, 0.25) is 0 Å². The molecule has 0 aliphatic carbocycles. The Bertz CT molecular complexity index is 962. The first kappa shape index (κ1) is 77.8. The summed E-state index contributed by atoms with van der Waals surface area (Å²) >= 11 is 0. The fraction of sp³-hybridized carbons (Fsp3) is 1.00. The van der Waals surface area contributed by atoms with Gasteiger partial charge < -0.3 is 29.2 Å². The van der Waals surface area contributed by atoms with Crippen LogP contribution in [0.5, 0.6) is 0 Å². The molecule has 0 unspecified atom stereocenters. The third-order valence-electron chi connectivity index (χ3n) is 17.3. The van der Waals surface area contributed by atoms with Crippen molar-refractivity contribution in [2.45, 2.75) is 399 Å². The largest absolute Gasteiger partial charge is 0.394 e. The van der Waals surface area contributed by atoms with Gasteiger partial charge in [-0.3, -0.25) is 0 Å². The van der Waals surface area contributed by atoms with Crippen molar-refractivity contribution in [3.05, 3.63) is 0 Å². The van der Waals surface area contributed by atoms with E-state index in [0.29, 0.717) is 13.2 Å². The molecule has 0 saturated heterocycles. The molecule has 0 spiro atoms. The number of hydrogen-bond donors (Lipinski definition) is 2. The minimum absolute atomic E-state index is 0.0608. The topological polar surface area (TPSA) is 77.4 Å². The van der Waals surface area contributed by atoms with Gasteiger partial charge in [0.15, 0.2) is 0 Å². The lowest BCUT2D eigenvalue weighted by atomic mass is 9.95. The third-order valence-corrected chi connectivity index (χ3v) is 17.3. The van der Waals surface area contributed by atoms with Crippen LogP contribution in [0, 0.1) is 11.8 Å². The highest BCUT2D eigenvalue weighted by molar-refractivity contribution is 4.61. The Kier molecular flexibility index (Phi) is 69.0. The summed E-state index contributed by atoms with van der Waals surface area (Å²) in [6.07, 6.45) is 76.7. The third kappa shape index (κ3) is 64.9. The highest BCUT2D eigenvalue weighted by atomic mass is 16.5. The Morgan fingerprint density at radius 1 is 0.231 bits per heavy atom. The van der Waals surface area contributed by atoms with Crippen LogP contribution in [-0.4, -0.2) is 75.3 Å². The predicted molar refractivity (Wildman–Crippen MR) is 344 cm³/mol. The van der Waals surface area contributed by atoms with E-state index in [1.165, 1.54) is 334 Å². The molecule has 0 amide bonds. The molecule has 4 atom stereocenters. The molecule has 0 aliphatic rings. The summed E-state index contributed by atoms with van der Waals surface area (Å²) in [7, 11) is 0. The van der Waals surface area contributed by atoms with E-state index in [9.17, 15) is 10.2 Å². The molecule has 0 aromatic heterocycles. The highest BCUT2D eigenvalue weighted by Crippen LogP contribution is 2.22. The molecule has 470 valence electrons. The van der Waals surface area contributed by atoms with Crippen molar-refractivity contribution >= 4 is 0 Å². The van der Waals surface area contributed by atoms with Gasteiger partial charge in [0, 0.05) is 26.4 Å². The van der Waals surface area contributed by atoms with E-state index in [4.69, 9.17) is 18.9 Å². The monoisotopic (exact) mass is 1110 g/mol. The van der Waals surface area contributed by atoms with Gasteiger partial charge in [-0.25, -0.2) is 0 Å². The SMILES string of the molecule is CCCCCCCCCCCCCCCCO[C@H](CO)COCCCCCCCCC[C@H](C)CCCCCCCCCCCC[C@@H](C)CCCCCCCCCOC[C@@H](CO)OCCCCCCCCCCCCCCCC. The molecule has 0 heterocycles. The first-order chi connectivity index (χ1) is 38.6. The second-order valence-electron chi connectivity index (χ2n) is 25.5. The summed E-state index contributed by atoms with van der Waals surface area (Å²) < 4.78 is 23.6. The van der Waals surface area contributed by atoms with E-state index >= 15 is 0 Å². The van der Waals surface area contributed by atoms with Crippen molar-refractivity contribution in [1.82, 2.24) is 0 Å². The number of ether oxygens (including phenoxy) is 4. The maximum atomic E-state index is 9.72. The zero-order valence-corrected chi connectivity index (χ0v) is 54.1. The van der Waals surface area contributed by atoms with E-state index in [2.05, 4.69) is 27.7 Å². The molecule has 6 nitrogen and oxygen atoms in total. The van der Waals surface area contributed by atoms with Crippen LogP contribution in [0.4, 0.5) is 0 Å². The van der Waals surface area contributed by atoms with Crippen LogP contribution in [0.1, 0.15) is 387 Å². The minimum atomic E-state index is -0.163. The highest BCUT2D eigenvalue weighted by Gasteiger charge is 2.10. The molecule has 0 bridgehead atoms. The summed E-state index contributed by atoms with van der Waals surface area (Å²) in [6.45, 7) is 13.8. The molecule has 0 aromatic rings. The molecule has 0 aliphatic heterocycles. The van der Waals surface area contributed by atoms with Gasteiger partial charge in [-0.2, -0.15) is 0 Å². The summed E-state index contributed by atoms with van der Waals surface area (Å²) in [5.74, 6) is 1.80. The summed E-state index contributed by atoms with van der Waals surface area (Å²) in [6, 6.07) is 0. The zero-order valence-electron chi connectivity index (χ0n) is 54.1. The van der Waals surface area contributed by atoms with Crippen LogP contribution in [0.15, 0.2) is 0 Å². The Morgan fingerprint density at radius 2 is 0.410 bits per heavy atom. The van der Waals surface area contributed by atoms with Crippen LogP contribution >= 0.6 is 0 Å². The van der Waals surface area contributed by atoms with Crippen LogP contribution in [-0.2, 0) is 18.9 Å². The van der Waals surface area contributed by atoms with Gasteiger partial charge in [0.1, 0.15) is 12.2 Å². The lowest BCUT2D eigenvalue weighted by molar-refractivity contribution is -0.0437. The van der Waals surface area contributed by atoms with Gasteiger partial charge in [0.25, 0.3) is 0 Å². The van der Waals surface area contributed by atoms with E-state index in [0.717, 1.165) is 63.9 Å². The molecule has 2 N–H and O–H groups in total. The van der Waals surface area contributed by atoms with Gasteiger partial charge in [0.05, 0.1) is 26.4 Å². The van der Waals surface area contributed by atoms with Crippen molar-refractivity contribution < 1.29 is 29.2 Å². The Balaban J connectivity index is 3.37. The van der Waals surface area contributed by atoms with Gasteiger partial charge in [-0.05, 0) is 37.5 Å². The summed E-state index contributed by atoms with van der Waals surface area (Å²) in [4.78, 5) is 0. The van der Waals surface area contributed by atoms with E-state index in [1.54, 1.807) is 0 Å². The molecule has 0 saturated carbocycles. The maximum Gasteiger partial charge on any atom is 0.104 e. The summed E-state index contributed by atoms with van der Waals surface area (Å²) in [5, 5.41) is 19.4. The predicted octanol–water partition coefficient (Wildman–Crippen LogP) is 22.9. The van der Waals surface area contributed by atoms with Crippen molar-refractivity contribution in [2.75, 3.05) is 52.9 Å². The fourth-order valence-corrected chi connectivity index (χ4v) is 11.7. The van der Waals surface area contributed by atoms with Crippen LogP contribution < -0.4 is 0 Å². The molecule has 78 heavy (non-hydrogen) atoms. The van der Waals surface area contributed by atoms with Crippen molar-refractivity contribution in [1.29, 1.82) is 0 Å². The van der Waals surface area contributed by atoms with Gasteiger partial charge in [-0.1, -0.05) is 362 Å². The van der Waals surface area contributed by atoms with Gasteiger partial charge in [-0.15, -0.1) is 0 Å². The summed E-state index contributed by atoms with van der Waals surface area (Å²) in [5.41, 5.74) is 0. The normalized spacial score (nSPS) is 13.5. The smallest absolute Gasteiger partial charge is 0.104 e. The van der Waals surface area contributed by atoms with Crippen molar-refractivity contribution in [2.24, 2.45) is 11.8 Å². The molecule has 0 radical (unpaired) electrons. The van der Waals surface area contributed by atoms with Crippen LogP contribution in [0.2, 0.25) is 0 Å². The number of aliphatic hydroxyl groups excluding tert-OH is 2. The quantitative estimate of drug-likeness (QED) is 0.0591. The molecule has 0 fully saturated rings. The number of hydrogen-bond acceptors (Lipinski definition) is 6. The Morgan fingerprint density at radius 3 is 0.615 bits per heavy atom. The van der Waals surface area contributed by atoms with Gasteiger partial charge >= 0.3 is 0 Å². The molecular weight excluding hydrogens is 961 g/mol. The van der Waals surface area contributed by atoms with Crippen molar-refractivity contribution in [3.8, 4) is 0 Å². The fourth-order valence-electron chi connectivity index (χ4n) is 11.7. The van der Waals surface area contributed by atoms with E-state index in [-0.39, 0.29) is 25.4 Å². The van der Waals surface area contributed by atoms with E-state index < -0.39 is 0 Å². The average Bonchev–Trinajstić information content (AvgIpc) is 3.44. The lowest BCUT2D eigenvalue weighted by Crippen LogP contribution is -2.24. The number of unbranched alkanes of at least 4 members (excludes halogenated alkanes) is 47. The standard InChI is InChI=1S/C72H146O6/c1-5-7-9-11-13-15-17-19-21-25-29-39-47-55-63-77-71(65-73)67-75-61-53-45-37-31-35-43-51-59-69(3)57-49-41-33-27-23-24-28-34-42-50-58-70(4)60-52-44-36-32-38-46-54-62-76-68-72(66-74)78-64-56-48-40-30-26-22-20-18-16-14-12-10-8-6-2/h69-74H,5-68H2,1-4H3/t69-,70-,71-,72-/m1/s1. The first-order valence-electron chi connectivity index (χ1n) is 36.2. The molecule has 6 heteroatoms. The lowest BCUT2D eigenvalue weighted by Gasteiger charge is -2.15. The van der Waals surface area contributed by atoms with Crippen LogP contribution in [0.3, 0.4) is 0 Å². The second-order valence-corrected chi connectivity index (χ2v) is 25.5. The zero-order chi connectivity index (χ0) is 56.4. The number of rotatable bonds is 71. The second kappa shape index (κ2) is 69.3. The molecule has 0 rings (SSSR count). The Labute approximate surface area is 491 Å². The number of aliphatic hydroxyl groups is 2. The maximum absolute atomic E-state index is 9.72. The minimum Gasteiger partial charge on any atom is -0.394 e. The Hall–Kier alpha value is -0.240. The van der Waals surface area contributed by atoms with Crippen molar-refractivity contribution in [3.63, 3.8) is 0 Å². The average molecular weight is 1110 g/mol.